The fraction of sp³-hybridized carbons (Fsp3) is 0.583. The van der Waals surface area contributed by atoms with Gasteiger partial charge in [0, 0.05) is 26.2 Å². The minimum atomic E-state index is -0.800. The van der Waals surface area contributed by atoms with Gasteiger partial charge >= 0.3 is 5.69 Å². The molecule has 0 saturated carbocycles. The van der Waals surface area contributed by atoms with E-state index in [4.69, 9.17) is 22.1 Å². The van der Waals surface area contributed by atoms with Gasteiger partial charge in [-0.05, 0) is 0 Å². The number of Topliss-reactive ketones (excluding diaryl/α,β-unsaturated/α-hetero) is 1. The van der Waals surface area contributed by atoms with E-state index in [1.807, 2.05) is 0 Å². The topological polar surface area (TPSA) is 110 Å². The predicted molar refractivity (Wildman–Crippen MR) is 78.0 cm³/mol. The molecule has 0 bridgehead atoms. The average molecular weight is 317 g/mol. The van der Waals surface area contributed by atoms with E-state index in [0.29, 0.717) is 19.8 Å². The summed E-state index contributed by atoms with van der Waals surface area (Å²) in [6.45, 7) is 3.69. The molecule has 2 heterocycles. The van der Waals surface area contributed by atoms with Crippen LogP contribution in [0.1, 0.15) is 10.4 Å². The smallest absolute Gasteiger partial charge is 0.329 e. The summed E-state index contributed by atoms with van der Waals surface area (Å²) in [6.07, 6.45) is 0. The number of nitrogen functional groups attached to an aromatic ring is 1. The van der Waals surface area contributed by atoms with E-state index < -0.39 is 17.0 Å². The highest BCUT2D eigenvalue weighted by molar-refractivity contribution is 6.31. The minimum absolute atomic E-state index is 0.136. The molecule has 0 aromatic carbocycles. The second-order valence-corrected chi connectivity index (χ2v) is 4.95. The highest BCUT2D eigenvalue weighted by Gasteiger charge is 2.19. The molecule has 2 rings (SSSR count). The number of anilines is 1. The number of hydrogen-bond donors (Lipinski definition) is 2. The third kappa shape index (κ3) is 3.52. The maximum atomic E-state index is 11.8. The lowest BCUT2D eigenvalue weighted by molar-refractivity contribution is 0.0363. The fourth-order valence-corrected chi connectivity index (χ4v) is 2.35. The number of ketones is 1. The zero-order valence-electron chi connectivity index (χ0n) is 11.4. The van der Waals surface area contributed by atoms with E-state index in [-0.39, 0.29) is 23.8 Å². The Hall–Kier alpha value is -1.64. The van der Waals surface area contributed by atoms with Crippen molar-refractivity contribution in [1.29, 1.82) is 0 Å². The minimum Gasteiger partial charge on any atom is -0.384 e. The maximum absolute atomic E-state index is 11.8. The Morgan fingerprint density at radius 2 is 1.95 bits per heavy atom. The van der Waals surface area contributed by atoms with Gasteiger partial charge in [0.05, 0.1) is 19.1 Å². The van der Waals surface area contributed by atoms with Crippen LogP contribution in [0.25, 0.3) is 0 Å². The lowest BCUT2D eigenvalue weighted by Gasteiger charge is -2.26. The molecule has 1 aromatic heterocycles. The number of morpholine rings is 1. The Morgan fingerprint density at radius 3 is 2.57 bits per heavy atom. The number of nitrogens with two attached hydrogens (primary N) is 1. The van der Waals surface area contributed by atoms with Gasteiger partial charge in [0.25, 0.3) is 5.56 Å². The molecule has 8 nitrogen and oxygen atoms in total. The molecular weight excluding hydrogens is 300 g/mol. The Morgan fingerprint density at radius 1 is 1.29 bits per heavy atom. The van der Waals surface area contributed by atoms with Crippen molar-refractivity contribution in [2.24, 2.45) is 0 Å². The zero-order valence-corrected chi connectivity index (χ0v) is 12.2. The van der Waals surface area contributed by atoms with Crippen LogP contribution in [-0.4, -0.2) is 59.0 Å². The SMILES string of the molecule is Nc1c(C(=O)CCl)c(=O)[nH]c(=O)n1CCN1CCOCC1. The molecule has 9 heteroatoms. The molecule has 0 atom stereocenters. The summed E-state index contributed by atoms with van der Waals surface area (Å²) in [5.41, 5.74) is 4.11. The summed E-state index contributed by atoms with van der Waals surface area (Å²) in [5, 5.41) is 0. The Balaban J connectivity index is 2.24. The van der Waals surface area contributed by atoms with E-state index in [9.17, 15) is 14.4 Å². The van der Waals surface area contributed by atoms with Gasteiger partial charge in [0.2, 0.25) is 0 Å². The number of alkyl halides is 1. The number of rotatable bonds is 5. The monoisotopic (exact) mass is 316 g/mol. The first-order valence-corrected chi connectivity index (χ1v) is 7.10. The van der Waals surface area contributed by atoms with Crippen LogP contribution in [0, 0.1) is 0 Å². The van der Waals surface area contributed by atoms with Crippen molar-refractivity contribution in [1.82, 2.24) is 14.5 Å². The molecule has 1 aliphatic rings. The van der Waals surface area contributed by atoms with Gasteiger partial charge in [-0.15, -0.1) is 11.6 Å². The van der Waals surface area contributed by atoms with Gasteiger partial charge in [-0.1, -0.05) is 0 Å². The maximum Gasteiger partial charge on any atom is 0.329 e. The standard InChI is InChI=1S/C12H17ClN4O4/c13-7-8(18)9-10(14)17(12(20)15-11(9)19)2-1-16-3-5-21-6-4-16/h1-7,14H2,(H,15,19,20). The average Bonchev–Trinajstić information content (AvgIpc) is 2.47. The van der Waals surface area contributed by atoms with Crippen molar-refractivity contribution in [3.63, 3.8) is 0 Å². The van der Waals surface area contributed by atoms with Crippen LogP contribution >= 0.6 is 11.6 Å². The predicted octanol–water partition coefficient (Wildman–Crippen LogP) is -1.13. The van der Waals surface area contributed by atoms with E-state index in [1.54, 1.807) is 0 Å². The van der Waals surface area contributed by atoms with Crippen LogP contribution in [0.2, 0.25) is 0 Å². The number of H-pyrrole nitrogens is 1. The summed E-state index contributed by atoms with van der Waals surface area (Å²) in [6, 6.07) is 0. The first-order chi connectivity index (χ1) is 10.0. The molecule has 3 N–H and O–H groups in total. The summed E-state index contributed by atoms with van der Waals surface area (Å²) in [4.78, 5) is 39.4. The quantitative estimate of drug-likeness (QED) is 0.525. The third-order valence-corrected chi connectivity index (χ3v) is 3.63. The summed E-state index contributed by atoms with van der Waals surface area (Å²) < 4.78 is 6.43. The first kappa shape index (κ1) is 15.7. The van der Waals surface area contributed by atoms with Crippen molar-refractivity contribution in [2.45, 2.75) is 6.54 Å². The highest BCUT2D eigenvalue weighted by Crippen LogP contribution is 2.06. The van der Waals surface area contributed by atoms with Crippen molar-refractivity contribution >= 4 is 23.2 Å². The van der Waals surface area contributed by atoms with Crippen molar-refractivity contribution < 1.29 is 9.53 Å². The fourth-order valence-electron chi connectivity index (χ4n) is 2.21. The van der Waals surface area contributed by atoms with E-state index in [0.717, 1.165) is 13.1 Å². The lowest BCUT2D eigenvalue weighted by Crippen LogP contribution is -2.42. The van der Waals surface area contributed by atoms with Gasteiger partial charge in [-0.3, -0.25) is 24.0 Å². The number of halogens is 1. The molecule has 1 saturated heterocycles. The molecule has 1 aliphatic heterocycles. The number of hydrogen-bond acceptors (Lipinski definition) is 6. The van der Waals surface area contributed by atoms with Crippen molar-refractivity contribution in [3.05, 3.63) is 26.4 Å². The van der Waals surface area contributed by atoms with Crippen molar-refractivity contribution in [3.8, 4) is 0 Å². The summed E-state index contributed by atoms with van der Waals surface area (Å²) in [7, 11) is 0. The Bertz CT molecular complexity index is 633. The van der Waals surface area contributed by atoms with Gasteiger partial charge in [-0.2, -0.15) is 0 Å². The lowest BCUT2D eigenvalue weighted by atomic mass is 10.2. The molecule has 116 valence electrons. The molecule has 0 unspecified atom stereocenters. The molecule has 1 aromatic rings. The molecule has 0 aliphatic carbocycles. The number of carbonyl (C=O) groups is 1. The number of nitrogens with zero attached hydrogens (tertiary/aromatic N) is 2. The number of carbonyl (C=O) groups excluding carboxylic acids is 1. The van der Waals surface area contributed by atoms with Gasteiger partial charge in [0.1, 0.15) is 11.4 Å². The van der Waals surface area contributed by atoms with E-state index >= 15 is 0 Å². The molecular formula is C12H17ClN4O4. The largest absolute Gasteiger partial charge is 0.384 e. The van der Waals surface area contributed by atoms with E-state index in [1.165, 1.54) is 4.57 Å². The molecule has 1 fully saturated rings. The Labute approximate surface area is 125 Å². The molecule has 0 spiro atoms. The van der Waals surface area contributed by atoms with Crippen LogP contribution in [0.5, 0.6) is 0 Å². The molecule has 0 amide bonds. The third-order valence-electron chi connectivity index (χ3n) is 3.38. The summed E-state index contributed by atoms with van der Waals surface area (Å²) in [5.74, 6) is -1.10. The zero-order chi connectivity index (χ0) is 15.4. The van der Waals surface area contributed by atoms with Crippen LogP contribution in [-0.2, 0) is 11.3 Å². The van der Waals surface area contributed by atoms with Gasteiger partial charge in [0.15, 0.2) is 5.78 Å². The van der Waals surface area contributed by atoms with Crippen LogP contribution in [0.15, 0.2) is 9.59 Å². The van der Waals surface area contributed by atoms with Crippen LogP contribution in [0.4, 0.5) is 5.82 Å². The Kier molecular flexibility index (Phi) is 5.16. The van der Waals surface area contributed by atoms with E-state index in [2.05, 4.69) is 9.88 Å². The highest BCUT2D eigenvalue weighted by atomic mass is 35.5. The summed E-state index contributed by atoms with van der Waals surface area (Å²) >= 11 is 5.45. The van der Waals surface area contributed by atoms with Crippen LogP contribution in [0.3, 0.4) is 0 Å². The van der Waals surface area contributed by atoms with Crippen LogP contribution < -0.4 is 17.0 Å². The number of ether oxygens (including phenoxy) is 1. The first-order valence-electron chi connectivity index (χ1n) is 6.56. The van der Waals surface area contributed by atoms with Gasteiger partial charge < -0.3 is 10.5 Å². The second-order valence-electron chi connectivity index (χ2n) is 4.68. The number of nitrogens with one attached hydrogen (secondary N) is 1. The molecule has 21 heavy (non-hydrogen) atoms. The van der Waals surface area contributed by atoms with Crippen molar-refractivity contribution in [2.75, 3.05) is 44.5 Å². The molecule has 0 radical (unpaired) electrons. The number of aromatic amines is 1. The number of aromatic nitrogens is 2. The second kappa shape index (κ2) is 6.88. The normalized spacial score (nSPS) is 16.0. The van der Waals surface area contributed by atoms with Gasteiger partial charge in [-0.25, -0.2) is 4.79 Å².